The van der Waals surface area contributed by atoms with E-state index in [1.165, 1.54) is 0 Å². The lowest BCUT2D eigenvalue weighted by Gasteiger charge is -2.21. The van der Waals surface area contributed by atoms with Gasteiger partial charge in [0.1, 0.15) is 5.60 Å². The summed E-state index contributed by atoms with van der Waals surface area (Å²) in [6.07, 6.45) is 4.04. The van der Waals surface area contributed by atoms with Crippen LogP contribution in [0, 0.1) is 5.92 Å². The van der Waals surface area contributed by atoms with E-state index in [4.69, 9.17) is 4.74 Å². The van der Waals surface area contributed by atoms with Crippen LogP contribution >= 0.6 is 11.3 Å². The molecule has 2 N–H and O–H groups in total. The molecule has 116 valence electrons. The van der Waals surface area contributed by atoms with E-state index in [1.54, 1.807) is 11.3 Å². The van der Waals surface area contributed by atoms with Crippen LogP contribution in [0.25, 0.3) is 4.96 Å². The Labute approximate surface area is 127 Å². The zero-order valence-electron chi connectivity index (χ0n) is 12.5. The summed E-state index contributed by atoms with van der Waals surface area (Å²) in [6, 6.07) is 0. The van der Waals surface area contributed by atoms with Crippen LogP contribution in [0.3, 0.4) is 0 Å². The molecule has 0 aliphatic rings. The third kappa shape index (κ3) is 4.71. The standard InChI is InChI=1S/C14H21N3O3S/c1-14(2,3)20-13(19)15-7-10(9-18)6-11-8-17-4-5-21-12(17)16-11/h4-5,8,10,18H,6-7,9H2,1-3H3,(H,15,19). The minimum Gasteiger partial charge on any atom is -0.444 e. The van der Waals surface area contributed by atoms with Gasteiger partial charge in [-0.15, -0.1) is 11.3 Å². The molecule has 0 spiro atoms. The van der Waals surface area contributed by atoms with Gasteiger partial charge in [0.15, 0.2) is 4.96 Å². The number of carbonyl (C=O) groups is 1. The Balaban J connectivity index is 1.85. The van der Waals surface area contributed by atoms with Gasteiger partial charge < -0.3 is 15.2 Å². The van der Waals surface area contributed by atoms with Crippen LogP contribution in [0.2, 0.25) is 0 Å². The number of amides is 1. The molecule has 6 nitrogen and oxygen atoms in total. The van der Waals surface area contributed by atoms with Crippen LogP contribution in [0.1, 0.15) is 26.5 Å². The Kier molecular flexibility index (Phi) is 4.84. The molecule has 0 bridgehead atoms. The van der Waals surface area contributed by atoms with Gasteiger partial charge in [-0.2, -0.15) is 0 Å². The third-order valence-corrected chi connectivity index (χ3v) is 3.60. The average Bonchev–Trinajstić information content (AvgIpc) is 2.92. The van der Waals surface area contributed by atoms with Crippen molar-refractivity contribution < 1.29 is 14.6 Å². The van der Waals surface area contributed by atoms with E-state index in [9.17, 15) is 9.90 Å². The molecule has 0 fully saturated rings. The summed E-state index contributed by atoms with van der Waals surface area (Å²) in [5, 5.41) is 14.1. The molecule has 7 heteroatoms. The fourth-order valence-electron chi connectivity index (χ4n) is 1.91. The van der Waals surface area contributed by atoms with E-state index in [2.05, 4.69) is 10.3 Å². The van der Waals surface area contributed by atoms with Crippen molar-refractivity contribution >= 4 is 22.4 Å². The van der Waals surface area contributed by atoms with E-state index in [0.29, 0.717) is 13.0 Å². The molecule has 0 saturated heterocycles. The van der Waals surface area contributed by atoms with Gasteiger partial charge in [0.2, 0.25) is 0 Å². The first kappa shape index (κ1) is 15.8. The summed E-state index contributed by atoms with van der Waals surface area (Å²) < 4.78 is 7.12. The number of thiazole rings is 1. The predicted molar refractivity (Wildman–Crippen MR) is 81.6 cm³/mol. The van der Waals surface area contributed by atoms with Crippen molar-refractivity contribution in [1.29, 1.82) is 0 Å². The highest BCUT2D eigenvalue weighted by molar-refractivity contribution is 7.15. The molecule has 2 rings (SSSR count). The molecular weight excluding hydrogens is 290 g/mol. The molecule has 2 aromatic rings. The third-order valence-electron chi connectivity index (χ3n) is 2.83. The second-order valence-corrected chi connectivity index (χ2v) is 6.83. The van der Waals surface area contributed by atoms with Crippen LogP contribution in [0.15, 0.2) is 17.8 Å². The molecule has 0 saturated carbocycles. The first-order chi connectivity index (χ1) is 9.87. The number of aromatic nitrogens is 2. The van der Waals surface area contributed by atoms with Crippen molar-refractivity contribution in [2.24, 2.45) is 5.92 Å². The Morgan fingerprint density at radius 2 is 2.33 bits per heavy atom. The maximum atomic E-state index is 11.6. The molecule has 2 aromatic heterocycles. The predicted octanol–water partition coefficient (Wildman–Crippen LogP) is 2.07. The summed E-state index contributed by atoms with van der Waals surface area (Å²) in [7, 11) is 0. The number of alkyl carbamates (subject to hydrolysis) is 1. The number of ether oxygens (including phenoxy) is 1. The van der Waals surface area contributed by atoms with E-state index in [0.717, 1.165) is 10.7 Å². The highest BCUT2D eigenvalue weighted by atomic mass is 32.1. The van der Waals surface area contributed by atoms with Crippen molar-refractivity contribution in [3.8, 4) is 0 Å². The Hall–Kier alpha value is -1.60. The molecule has 2 heterocycles. The first-order valence-electron chi connectivity index (χ1n) is 6.86. The van der Waals surface area contributed by atoms with Gasteiger partial charge in [-0.1, -0.05) is 0 Å². The first-order valence-corrected chi connectivity index (χ1v) is 7.74. The Morgan fingerprint density at radius 3 is 2.95 bits per heavy atom. The number of imidazole rings is 1. The van der Waals surface area contributed by atoms with Crippen LogP contribution in [-0.4, -0.2) is 39.3 Å². The van der Waals surface area contributed by atoms with Crippen molar-refractivity contribution in [1.82, 2.24) is 14.7 Å². The lowest BCUT2D eigenvalue weighted by Crippen LogP contribution is -2.36. The van der Waals surface area contributed by atoms with E-state index in [-0.39, 0.29) is 12.5 Å². The quantitative estimate of drug-likeness (QED) is 0.886. The number of fused-ring (bicyclic) bond motifs is 1. The molecule has 0 radical (unpaired) electrons. The number of carbonyl (C=O) groups excluding carboxylic acids is 1. The van der Waals surface area contributed by atoms with Gasteiger partial charge in [0, 0.05) is 36.8 Å². The zero-order valence-corrected chi connectivity index (χ0v) is 13.3. The molecule has 1 unspecified atom stereocenters. The number of aliphatic hydroxyl groups is 1. The number of rotatable bonds is 5. The summed E-state index contributed by atoms with van der Waals surface area (Å²) in [5.41, 5.74) is 0.388. The molecule has 0 aromatic carbocycles. The smallest absolute Gasteiger partial charge is 0.407 e. The summed E-state index contributed by atoms with van der Waals surface area (Å²) >= 11 is 1.57. The number of hydrogen-bond acceptors (Lipinski definition) is 5. The average molecular weight is 311 g/mol. The van der Waals surface area contributed by atoms with Crippen LogP contribution in [-0.2, 0) is 11.2 Å². The van der Waals surface area contributed by atoms with Gasteiger partial charge in [0.05, 0.1) is 5.69 Å². The lowest BCUT2D eigenvalue weighted by molar-refractivity contribution is 0.0512. The minimum atomic E-state index is -0.521. The highest BCUT2D eigenvalue weighted by Gasteiger charge is 2.18. The summed E-state index contributed by atoms with van der Waals surface area (Å²) in [6.45, 7) is 5.79. The van der Waals surface area contributed by atoms with E-state index in [1.807, 2.05) is 42.9 Å². The monoisotopic (exact) mass is 311 g/mol. The van der Waals surface area contributed by atoms with E-state index >= 15 is 0 Å². The number of nitrogens with one attached hydrogen (secondary N) is 1. The molecule has 1 atom stereocenters. The van der Waals surface area contributed by atoms with Gasteiger partial charge in [0.25, 0.3) is 0 Å². The summed E-state index contributed by atoms with van der Waals surface area (Å²) in [4.78, 5) is 17.0. The summed E-state index contributed by atoms with van der Waals surface area (Å²) in [5.74, 6) is -0.0814. The van der Waals surface area contributed by atoms with Gasteiger partial charge in [-0.3, -0.25) is 4.40 Å². The van der Waals surface area contributed by atoms with Crippen LogP contribution in [0.4, 0.5) is 4.79 Å². The Morgan fingerprint density at radius 1 is 1.57 bits per heavy atom. The molecular formula is C14H21N3O3S. The van der Waals surface area contributed by atoms with Gasteiger partial charge in [-0.05, 0) is 27.2 Å². The largest absolute Gasteiger partial charge is 0.444 e. The molecule has 21 heavy (non-hydrogen) atoms. The van der Waals surface area contributed by atoms with Crippen molar-refractivity contribution in [3.05, 3.63) is 23.5 Å². The Bertz CT molecular complexity index is 571. The van der Waals surface area contributed by atoms with Crippen LogP contribution < -0.4 is 5.32 Å². The van der Waals surface area contributed by atoms with Crippen molar-refractivity contribution in [2.45, 2.75) is 32.8 Å². The molecule has 1 amide bonds. The highest BCUT2D eigenvalue weighted by Crippen LogP contribution is 2.14. The normalized spacial score (nSPS) is 13.3. The number of hydrogen-bond donors (Lipinski definition) is 2. The number of aliphatic hydroxyl groups excluding tert-OH is 1. The topological polar surface area (TPSA) is 75.9 Å². The molecule has 0 aliphatic heterocycles. The number of nitrogens with zero attached hydrogens (tertiary/aromatic N) is 2. The lowest BCUT2D eigenvalue weighted by atomic mass is 10.1. The van der Waals surface area contributed by atoms with Crippen LogP contribution in [0.5, 0.6) is 0 Å². The fourth-order valence-corrected chi connectivity index (χ4v) is 2.63. The van der Waals surface area contributed by atoms with Crippen molar-refractivity contribution in [2.75, 3.05) is 13.2 Å². The second-order valence-electron chi connectivity index (χ2n) is 5.96. The second kappa shape index (κ2) is 6.44. The van der Waals surface area contributed by atoms with Gasteiger partial charge in [-0.25, -0.2) is 9.78 Å². The fraction of sp³-hybridized carbons (Fsp3) is 0.571. The van der Waals surface area contributed by atoms with E-state index < -0.39 is 11.7 Å². The van der Waals surface area contributed by atoms with Gasteiger partial charge >= 0.3 is 6.09 Å². The maximum Gasteiger partial charge on any atom is 0.407 e. The maximum absolute atomic E-state index is 11.6. The van der Waals surface area contributed by atoms with Crippen molar-refractivity contribution in [3.63, 3.8) is 0 Å². The zero-order chi connectivity index (χ0) is 15.5. The minimum absolute atomic E-state index is 0.0129. The molecule has 0 aliphatic carbocycles. The SMILES string of the molecule is CC(C)(C)OC(=O)NCC(CO)Cc1cn2ccsc2n1.